The zero-order valence-corrected chi connectivity index (χ0v) is 21.3. The average Bonchev–Trinajstić information content (AvgIpc) is 2.94. The van der Waals surface area contributed by atoms with Crippen molar-refractivity contribution in [2.24, 2.45) is 0 Å². The van der Waals surface area contributed by atoms with Crippen molar-refractivity contribution in [3.05, 3.63) is 106 Å². The quantitative estimate of drug-likeness (QED) is 0.0633. The molecule has 0 aliphatic carbocycles. The predicted molar refractivity (Wildman–Crippen MR) is 141 cm³/mol. The van der Waals surface area contributed by atoms with Gasteiger partial charge in [-0.05, 0) is 60.2 Å². The van der Waals surface area contributed by atoms with Crippen LogP contribution in [0.5, 0.6) is 5.75 Å². The van der Waals surface area contributed by atoms with Crippen LogP contribution in [0.15, 0.2) is 78.9 Å². The first-order valence-electron chi connectivity index (χ1n) is 12.2. The number of rotatable bonds is 14. The fourth-order valence-corrected chi connectivity index (χ4v) is 3.64. The lowest BCUT2D eigenvalue weighted by Crippen LogP contribution is -2.17. The summed E-state index contributed by atoms with van der Waals surface area (Å²) >= 11 is 0. The lowest BCUT2D eigenvalue weighted by Gasteiger charge is -2.16. The summed E-state index contributed by atoms with van der Waals surface area (Å²) in [5.74, 6) is -1.22. The molecule has 3 aromatic carbocycles. The Morgan fingerprint density at radius 2 is 1.67 bits per heavy atom. The number of ether oxygens (including phenoxy) is 3. The molecule has 0 aromatic heterocycles. The van der Waals surface area contributed by atoms with E-state index in [1.54, 1.807) is 49.4 Å². The van der Waals surface area contributed by atoms with Crippen LogP contribution in [0, 0.1) is 17.0 Å². The van der Waals surface area contributed by atoms with Crippen LogP contribution in [-0.4, -0.2) is 37.0 Å². The summed E-state index contributed by atoms with van der Waals surface area (Å²) in [6.45, 7) is 1.34. The highest BCUT2D eigenvalue weighted by molar-refractivity contribution is 5.87. The molecule has 204 valence electrons. The fraction of sp³-hybridized carbons (Fsp3) is 0.241. The molecule has 0 fully saturated rings. The van der Waals surface area contributed by atoms with Crippen molar-refractivity contribution in [1.29, 1.82) is 0 Å². The molecule has 0 radical (unpaired) electrons. The molecule has 0 N–H and O–H groups in total. The standard InChI is InChI=1S/C29H28FNO8/c1-21-8-7-11-25(23-9-3-2-4-10-23)27(21)28(30)29(33)38-20-37-24-15-12-22(13-16-24)14-17-26(32)36-18-5-6-19-39-31(34)35/h2-4,7-17,28H,5-6,18-20H2,1H3/b17-14+. The first-order valence-corrected chi connectivity index (χ1v) is 12.2. The molecule has 39 heavy (non-hydrogen) atoms. The van der Waals surface area contributed by atoms with E-state index in [1.807, 2.05) is 36.4 Å². The van der Waals surface area contributed by atoms with E-state index in [2.05, 4.69) is 4.84 Å². The molecule has 0 bridgehead atoms. The SMILES string of the molecule is Cc1cccc(-c2ccccc2)c1C(F)C(=O)OCOc1ccc(/C=C/C(=O)OCCCCO[N+](=O)[O-])cc1. The van der Waals surface area contributed by atoms with E-state index in [4.69, 9.17) is 14.2 Å². The van der Waals surface area contributed by atoms with Gasteiger partial charge >= 0.3 is 11.9 Å². The average molecular weight is 538 g/mol. The van der Waals surface area contributed by atoms with E-state index < -0.39 is 30.0 Å². The van der Waals surface area contributed by atoms with Crippen LogP contribution in [0.25, 0.3) is 17.2 Å². The van der Waals surface area contributed by atoms with Gasteiger partial charge in [-0.25, -0.2) is 14.0 Å². The Labute approximate surface area is 224 Å². The van der Waals surface area contributed by atoms with Crippen molar-refractivity contribution >= 4 is 18.0 Å². The largest absolute Gasteiger partial charge is 0.463 e. The molecule has 0 aliphatic rings. The van der Waals surface area contributed by atoms with Gasteiger partial charge in [0.05, 0.1) is 13.2 Å². The van der Waals surface area contributed by atoms with Crippen LogP contribution in [0.3, 0.4) is 0 Å². The molecule has 3 aromatic rings. The first kappa shape index (κ1) is 28.8. The number of carbonyl (C=O) groups is 2. The minimum atomic E-state index is -1.98. The Hall–Kier alpha value is -4.73. The van der Waals surface area contributed by atoms with E-state index in [0.29, 0.717) is 35.3 Å². The Bertz CT molecular complexity index is 1280. The third-order valence-electron chi connectivity index (χ3n) is 5.57. The van der Waals surface area contributed by atoms with Gasteiger partial charge < -0.3 is 19.0 Å². The van der Waals surface area contributed by atoms with Crippen LogP contribution in [-0.2, 0) is 23.9 Å². The maximum Gasteiger partial charge on any atom is 0.348 e. The Kier molecular flexibility index (Phi) is 11.0. The minimum Gasteiger partial charge on any atom is -0.463 e. The van der Waals surface area contributed by atoms with Gasteiger partial charge in [-0.1, -0.05) is 60.7 Å². The summed E-state index contributed by atoms with van der Waals surface area (Å²) in [7, 11) is 0. The van der Waals surface area contributed by atoms with Crippen LogP contribution in [0.4, 0.5) is 4.39 Å². The van der Waals surface area contributed by atoms with Gasteiger partial charge in [0.25, 0.3) is 5.09 Å². The third kappa shape index (κ3) is 9.26. The Balaban J connectivity index is 1.45. The zero-order chi connectivity index (χ0) is 28.0. The Morgan fingerprint density at radius 3 is 2.38 bits per heavy atom. The van der Waals surface area contributed by atoms with E-state index >= 15 is 4.39 Å². The molecule has 0 spiro atoms. The van der Waals surface area contributed by atoms with Gasteiger partial charge in [0, 0.05) is 11.6 Å². The summed E-state index contributed by atoms with van der Waals surface area (Å²) in [4.78, 5) is 38.4. The summed E-state index contributed by atoms with van der Waals surface area (Å²) < 4.78 is 30.7. The minimum absolute atomic E-state index is 0.0513. The Morgan fingerprint density at radius 1 is 0.949 bits per heavy atom. The van der Waals surface area contributed by atoms with E-state index in [0.717, 1.165) is 5.56 Å². The number of benzene rings is 3. The number of esters is 2. The predicted octanol–water partition coefficient (Wildman–Crippen LogP) is 5.80. The van der Waals surface area contributed by atoms with Crippen molar-refractivity contribution in [3.63, 3.8) is 0 Å². The molecule has 0 saturated carbocycles. The highest BCUT2D eigenvalue weighted by atomic mass is 19.1. The zero-order valence-electron chi connectivity index (χ0n) is 21.3. The van der Waals surface area contributed by atoms with Crippen molar-refractivity contribution < 1.29 is 38.1 Å². The topological polar surface area (TPSA) is 114 Å². The number of halogens is 1. The molecule has 1 unspecified atom stereocenters. The number of carbonyl (C=O) groups excluding carboxylic acids is 2. The van der Waals surface area contributed by atoms with Gasteiger partial charge in [-0.2, -0.15) is 0 Å². The third-order valence-corrected chi connectivity index (χ3v) is 5.57. The second-order valence-electron chi connectivity index (χ2n) is 8.32. The highest BCUT2D eigenvalue weighted by Gasteiger charge is 2.26. The van der Waals surface area contributed by atoms with Gasteiger partial charge in [0.15, 0.2) is 0 Å². The molecule has 10 heteroatoms. The molecule has 9 nitrogen and oxygen atoms in total. The second kappa shape index (κ2) is 14.9. The highest BCUT2D eigenvalue weighted by Crippen LogP contribution is 2.33. The van der Waals surface area contributed by atoms with Gasteiger partial charge in [0.2, 0.25) is 13.0 Å². The molecular formula is C29H28FNO8. The maximum absolute atomic E-state index is 15.2. The summed E-state index contributed by atoms with van der Waals surface area (Å²) in [6.07, 6.45) is 1.64. The first-order chi connectivity index (χ1) is 18.8. The van der Waals surface area contributed by atoms with Crippen molar-refractivity contribution in [2.75, 3.05) is 20.0 Å². The monoisotopic (exact) mass is 537 g/mol. The van der Waals surface area contributed by atoms with Crippen LogP contribution < -0.4 is 4.74 Å². The van der Waals surface area contributed by atoms with Gasteiger partial charge in [-0.15, -0.1) is 10.1 Å². The van der Waals surface area contributed by atoms with Crippen LogP contribution in [0.2, 0.25) is 0 Å². The molecule has 0 heterocycles. The van der Waals surface area contributed by atoms with Crippen molar-refractivity contribution in [3.8, 4) is 16.9 Å². The second-order valence-corrected chi connectivity index (χ2v) is 8.32. The van der Waals surface area contributed by atoms with Crippen molar-refractivity contribution in [1.82, 2.24) is 0 Å². The molecule has 1 atom stereocenters. The number of hydrogen-bond acceptors (Lipinski definition) is 8. The molecule has 3 rings (SSSR count). The van der Waals surface area contributed by atoms with Crippen LogP contribution in [0.1, 0.15) is 35.7 Å². The lowest BCUT2D eigenvalue weighted by atomic mass is 9.93. The van der Waals surface area contributed by atoms with E-state index in [-0.39, 0.29) is 18.8 Å². The van der Waals surface area contributed by atoms with Crippen LogP contribution >= 0.6 is 0 Å². The molecule has 0 amide bonds. The fourth-order valence-electron chi connectivity index (χ4n) is 3.64. The molecule has 0 saturated heterocycles. The molecular weight excluding hydrogens is 509 g/mol. The number of alkyl halides is 1. The summed E-state index contributed by atoms with van der Waals surface area (Å²) in [5, 5.41) is 9.17. The van der Waals surface area contributed by atoms with Gasteiger partial charge in [-0.3, -0.25) is 0 Å². The number of nitrogens with zero attached hydrogens (tertiary/aromatic N) is 1. The lowest BCUT2D eigenvalue weighted by molar-refractivity contribution is -0.757. The summed E-state index contributed by atoms with van der Waals surface area (Å²) in [5.41, 5.74) is 3.00. The number of aryl methyl sites for hydroxylation is 1. The normalized spacial score (nSPS) is 11.5. The number of hydrogen-bond donors (Lipinski definition) is 0. The van der Waals surface area contributed by atoms with E-state index in [9.17, 15) is 19.7 Å². The maximum atomic E-state index is 15.2. The van der Waals surface area contributed by atoms with E-state index in [1.165, 1.54) is 6.08 Å². The van der Waals surface area contributed by atoms with Gasteiger partial charge in [0.1, 0.15) is 5.75 Å². The number of unbranched alkanes of at least 4 members (excludes halogenated alkanes) is 1. The van der Waals surface area contributed by atoms with Crippen molar-refractivity contribution in [2.45, 2.75) is 25.9 Å². The smallest absolute Gasteiger partial charge is 0.348 e. The molecule has 0 aliphatic heterocycles. The summed E-state index contributed by atoms with van der Waals surface area (Å²) in [6, 6.07) is 21.1.